The maximum Gasteiger partial charge on any atom is 0.257 e. The fourth-order valence-corrected chi connectivity index (χ4v) is 2.89. The molecule has 1 aromatic rings. The normalized spacial score (nSPS) is 18.4. The smallest absolute Gasteiger partial charge is 0.257 e. The lowest BCUT2D eigenvalue weighted by atomic mass is 10.1. The van der Waals surface area contributed by atoms with Crippen LogP contribution in [0.3, 0.4) is 0 Å². The maximum atomic E-state index is 12.7. The van der Waals surface area contributed by atoms with Crippen LogP contribution in [0.1, 0.15) is 36.0 Å². The van der Waals surface area contributed by atoms with Crippen molar-refractivity contribution < 1.29 is 14.6 Å². The van der Waals surface area contributed by atoms with Crippen LogP contribution in [0, 0.1) is 0 Å². The van der Waals surface area contributed by atoms with Crippen molar-refractivity contribution in [1.82, 2.24) is 4.90 Å². The Morgan fingerprint density at radius 2 is 2.35 bits per heavy atom. The molecule has 0 saturated carbocycles. The van der Waals surface area contributed by atoms with Gasteiger partial charge in [0.05, 0.1) is 12.7 Å². The van der Waals surface area contributed by atoms with Crippen LogP contribution < -0.4 is 4.74 Å². The predicted molar refractivity (Wildman–Crippen MR) is 78.4 cm³/mol. The number of carbonyl (C=O) groups is 1. The Morgan fingerprint density at radius 1 is 1.55 bits per heavy atom. The van der Waals surface area contributed by atoms with Crippen LogP contribution in [0.25, 0.3) is 0 Å². The Kier molecular flexibility index (Phi) is 5.26. The van der Waals surface area contributed by atoms with Crippen molar-refractivity contribution in [3.05, 3.63) is 28.8 Å². The molecule has 1 aliphatic rings. The van der Waals surface area contributed by atoms with Crippen molar-refractivity contribution in [3.8, 4) is 5.75 Å². The summed E-state index contributed by atoms with van der Waals surface area (Å²) in [6.07, 6.45) is 3.59. The number of halogens is 1. The van der Waals surface area contributed by atoms with E-state index in [-0.39, 0.29) is 18.6 Å². The largest absolute Gasteiger partial charge is 0.496 e. The number of aliphatic hydroxyl groups excluding tert-OH is 1. The van der Waals surface area contributed by atoms with E-state index in [1.807, 2.05) is 4.90 Å². The zero-order valence-electron chi connectivity index (χ0n) is 11.6. The van der Waals surface area contributed by atoms with E-state index in [4.69, 9.17) is 21.4 Å². The third-order valence-corrected chi connectivity index (χ3v) is 3.96. The number of nitrogens with zero attached hydrogens (tertiary/aromatic N) is 1. The summed E-state index contributed by atoms with van der Waals surface area (Å²) in [5.41, 5.74) is 0.549. The monoisotopic (exact) mass is 297 g/mol. The van der Waals surface area contributed by atoms with E-state index in [2.05, 4.69) is 0 Å². The molecule has 1 unspecified atom stereocenters. The molecule has 5 heteroatoms. The zero-order chi connectivity index (χ0) is 14.5. The van der Waals surface area contributed by atoms with E-state index in [1.165, 1.54) is 7.11 Å². The second kappa shape index (κ2) is 6.95. The second-order valence-corrected chi connectivity index (χ2v) is 5.44. The average Bonchev–Trinajstić information content (AvgIpc) is 2.92. The molecule has 1 fully saturated rings. The first kappa shape index (κ1) is 15.1. The van der Waals surface area contributed by atoms with Crippen molar-refractivity contribution in [2.24, 2.45) is 0 Å². The molecule has 1 aliphatic heterocycles. The van der Waals surface area contributed by atoms with Crippen LogP contribution >= 0.6 is 11.6 Å². The van der Waals surface area contributed by atoms with Gasteiger partial charge < -0.3 is 14.7 Å². The highest BCUT2D eigenvalue weighted by Gasteiger charge is 2.30. The first-order valence-electron chi connectivity index (χ1n) is 6.92. The lowest BCUT2D eigenvalue weighted by molar-refractivity contribution is 0.0721. The molecule has 1 saturated heterocycles. The molecular formula is C15H20ClNO3. The van der Waals surface area contributed by atoms with Gasteiger partial charge >= 0.3 is 0 Å². The molecule has 0 aromatic heterocycles. The van der Waals surface area contributed by atoms with Crippen molar-refractivity contribution >= 4 is 17.5 Å². The summed E-state index contributed by atoms with van der Waals surface area (Å²) in [6, 6.07) is 5.30. The molecule has 2 rings (SSSR count). The predicted octanol–water partition coefficient (Wildman–Crippen LogP) is 2.73. The summed E-state index contributed by atoms with van der Waals surface area (Å²) in [7, 11) is 1.54. The van der Waals surface area contributed by atoms with Gasteiger partial charge in [0.2, 0.25) is 0 Å². The highest BCUT2D eigenvalue weighted by molar-refractivity contribution is 6.30. The molecule has 4 nitrogen and oxygen atoms in total. The summed E-state index contributed by atoms with van der Waals surface area (Å²) in [5, 5.41) is 9.50. The summed E-state index contributed by atoms with van der Waals surface area (Å²) >= 11 is 5.92. The van der Waals surface area contributed by atoms with Crippen LogP contribution in [0.4, 0.5) is 0 Å². The lowest BCUT2D eigenvalue weighted by Crippen LogP contribution is -2.35. The van der Waals surface area contributed by atoms with E-state index in [9.17, 15) is 4.79 Å². The molecule has 110 valence electrons. The van der Waals surface area contributed by atoms with Crippen molar-refractivity contribution in [2.45, 2.75) is 31.7 Å². The highest BCUT2D eigenvalue weighted by Crippen LogP contribution is 2.28. The minimum absolute atomic E-state index is 0.0149. The van der Waals surface area contributed by atoms with Crippen molar-refractivity contribution in [1.29, 1.82) is 0 Å². The average molecular weight is 298 g/mol. The SMILES string of the molecule is COc1cc(Cl)ccc1C(=O)N1CCCC1CCCO. The third-order valence-electron chi connectivity index (χ3n) is 3.73. The zero-order valence-corrected chi connectivity index (χ0v) is 12.4. The van der Waals surface area contributed by atoms with Crippen molar-refractivity contribution in [2.75, 3.05) is 20.3 Å². The van der Waals surface area contributed by atoms with E-state index in [0.29, 0.717) is 16.3 Å². The van der Waals surface area contributed by atoms with Crippen molar-refractivity contribution in [3.63, 3.8) is 0 Å². The summed E-state index contributed by atoms with van der Waals surface area (Å²) in [5.74, 6) is 0.495. The highest BCUT2D eigenvalue weighted by atomic mass is 35.5. The number of benzene rings is 1. The Labute approximate surface area is 124 Å². The number of carbonyl (C=O) groups excluding carboxylic acids is 1. The van der Waals surface area contributed by atoms with Crippen LogP contribution in [0.2, 0.25) is 5.02 Å². The number of hydrogen-bond acceptors (Lipinski definition) is 3. The standard InChI is InChI=1S/C15H20ClNO3/c1-20-14-10-11(16)6-7-13(14)15(19)17-8-2-4-12(17)5-3-9-18/h6-7,10,12,18H,2-5,8-9H2,1H3. The molecule has 20 heavy (non-hydrogen) atoms. The Balaban J connectivity index is 2.17. The number of amides is 1. The number of rotatable bonds is 5. The number of aliphatic hydroxyl groups is 1. The van der Waals surface area contributed by atoms with Gasteiger partial charge in [0.15, 0.2) is 0 Å². The van der Waals surface area contributed by atoms with Gasteiger partial charge in [-0.15, -0.1) is 0 Å². The lowest BCUT2D eigenvalue weighted by Gasteiger charge is -2.25. The summed E-state index contributed by atoms with van der Waals surface area (Å²) in [4.78, 5) is 14.5. The second-order valence-electron chi connectivity index (χ2n) is 5.01. The van der Waals surface area contributed by atoms with Crippen LogP contribution in [0.15, 0.2) is 18.2 Å². The maximum absolute atomic E-state index is 12.7. The third kappa shape index (κ3) is 3.25. The van der Waals surface area contributed by atoms with Gasteiger partial charge in [-0.05, 0) is 43.9 Å². The number of ether oxygens (including phenoxy) is 1. The molecule has 0 radical (unpaired) electrons. The molecule has 0 spiro atoms. The minimum atomic E-state index is -0.0149. The van der Waals surface area contributed by atoms with Crippen LogP contribution in [-0.4, -0.2) is 42.2 Å². The quantitative estimate of drug-likeness (QED) is 0.909. The summed E-state index contributed by atoms with van der Waals surface area (Å²) < 4.78 is 5.25. The van der Waals surface area contributed by atoms with E-state index in [0.717, 1.165) is 32.2 Å². The number of likely N-dealkylation sites (tertiary alicyclic amines) is 1. The molecular weight excluding hydrogens is 278 g/mol. The summed E-state index contributed by atoms with van der Waals surface area (Å²) in [6.45, 7) is 0.934. The van der Waals surface area contributed by atoms with Gasteiger partial charge in [0.1, 0.15) is 5.75 Å². The van der Waals surface area contributed by atoms with Gasteiger partial charge in [-0.1, -0.05) is 11.6 Å². The van der Waals surface area contributed by atoms with Gasteiger partial charge in [0.25, 0.3) is 5.91 Å². The van der Waals surface area contributed by atoms with Gasteiger partial charge in [0, 0.05) is 24.2 Å². The van der Waals surface area contributed by atoms with E-state index >= 15 is 0 Å². The van der Waals surface area contributed by atoms with Gasteiger partial charge in [-0.2, -0.15) is 0 Å². The fourth-order valence-electron chi connectivity index (χ4n) is 2.73. The van der Waals surface area contributed by atoms with Crippen LogP contribution in [-0.2, 0) is 0 Å². The topological polar surface area (TPSA) is 49.8 Å². The fraction of sp³-hybridized carbons (Fsp3) is 0.533. The molecule has 1 heterocycles. The van der Waals surface area contributed by atoms with E-state index < -0.39 is 0 Å². The number of methoxy groups -OCH3 is 1. The van der Waals surface area contributed by atoms with Gasteiger partial charge in [-0.25, -0.2) is 0 Å². The molecule has 0 bridgehead atoms. The molecule has 1 aromatic carbocycles. The molecule has 1 atom stereocenters. The molecule has 0 aliphatic carbocycles. The van der Waals surface area contributed by atoms with E-state index in [1.54, 1.807) is 18.2 Å². The minimum Gasteiger partial charge on any atom is -0.496 e. The van der Waals surface area contributed by atoms with Crippen LogP contribution in [0.5, 0.6) is 5.75 Å². The first-order valence-corrected chi connectivity index (χ1v) is 7.30. The Hall–Kier alpha value is -1.26. The molecule has 1 amide bonds. The Morgan fingerprint density at radius 3 is 3.05 bits per heavy atom. The Bertz CT molecular complexity index is 478. The molecule has 1 N–H and O–H groups in total. The van der Waals surface area contributed by atoms with Gasteiger partial charge in [-0.3, -0.25) is 4.79 Å². The first-order chi connectivity index (χ1) is 9.67. The number of hydrogen-bond donors (Lipinski definition) is 1.